The van der Waals surface area contributed by atoms with Crippen molar-refractivity contribution >= 4 is 37.1 Å². The van der Waals surface area contributed by atoms with Crippen molar-refractivity contribution in [2.75, 3.05) is 11.5 Å². The minimum absolute atomic E-state index is 0.253. The molecule has 1 unspecified atom stereocenters. The van der Waals surface area contributed by atoms with Gasteiger partial charge in [-0.3, -0.25) is 0 Å². The fraction of sp³-hybridized carbons (Fsp3) is 0.600. The molecular formula is C10H14BrNO2S2. The average molecular weight is 324 g/mol. The summed E-state index contributed by atoms with van der Waals surface area (Å²) >= 11 is 5.14. The molecule has 0 spiro atoms. The van der Waals surface area contributed by atoms with Gasteiger partial charge >= 0.3 is 0 Å². The molecule has 1 saturated heterocycles. The summed E-state index contributed by atoms with van der Waals surface area (Å²) in [5.74, 6) is 0.561. The molecule has 0 saturated carbocycles. The van der Waals surface area contributed by atoms with E-state index in [0.29, 0.717) is 12.2 Å². The fourth-order valence-corrected chi connectivity index (χ4v) is 5.45. The summed E-state index contributed by atoms with van der Waals surface area (Å²) in [5, 5.41) is 5.38. The number of nitrogens with one attached hydrogen (secondary N) is 1. The molecule has 1 atom stereocenters. The lowest BCUT2D eigenvalue weighted by Gasteiger charge is -2.23. The van der Waals surface area contributed by atoms with Gasteiger partial charge in [-0.15, -0.1) is 11.3 Å². The van der Waals surface area contributed by atoms with E-state index in [-0.39, 0.29) is 11.3 Å². The van der Waals surface area contributed by atoms with E-state index in [2.05, 4.69) is 21.2 Å². The van der Waals surface area contributed by atoms with Gasteiger partial charge in [0.05, 0.1) is 11.5 Å². The lowest BCUT2D eigenvalue weighted by Crippen LogP contribution is -2.42. The van der Waals surface area contributed by atoms with Crippen LogP contribution in [-0.2, 0) is 16.4 Å². The molecule has 1 N–H and O–H groups in total. The van der Waals surface area contributed by atoms with Crippen molar-refractivity contribution in [1.82, 2.24) is 5.32 Å². The topological polar surface area (TPSA) is 46.2 Å². The van der Waals surface area contributed by atoms with Crippen LogP contribution in [0.25, 0.3) is 0 Å². The van der Waals surface area contributed by atoms with E-state index in [1.54, 1.807) is 11.3 Å². The molecule has 0 amide bonds. The van der Waals surface area contributed by atoms with Crippen molar-refractivity contribution in [1.29, 1.82) is 0 Å². The third kappa shape index (κ3) is 2.85. The van der Waals surface area contributed by atoms with Crippen LogP contribution in [-0.4, -0.2) is 25.5 Å². The summed E-state index contributed by atoms with van der Waals surface area (Å²) in [6, 6.07) is 2.01. The van der Waals surface area contributed by atoms with Gasteiger partial charge < -0.3 is 5.32 Å². The fourth-order valence-electron chi connectivity index (χ4n) is 1.89. The summed E-state index contributed by atoms with van der Waals surface area (Å²) in [7, 11) is -2.83. The predicted molar refractivity (Wildman–Crippen MR) is 70.5 cm³/mol. The lowest BCUT2D eigenvalue weighted by atomic mass is 10.0. The first-order valence-corrected chi connectivity index (χ1v) is 8.57. The van der Waals surface area contributed by atoms with Gasteiger partial charge in [0.2, 0.25) is 0 Å². The van der Waals surface area contributed by atoms with Crippen LogP contribution in [0.4, 0.5) is 0 Å². The Balaban J connectivity index is 1.99. The second-order valence-electron chi connectivity index (χ2n) is 4.45. The third-order valence-corrected chi connectivity index (χ3v) is 6.70. The zero-order valence-corrected chi connectivity index (χ0v) is 12.2. The second kappa shape index (κ2) is 4.40. The maximum Gasteiger partial charge on any atom is 0.152 e. The van der Waals surface area contributed by atoms with Crippen LogP contribution in [0.2, 0.25) is 0 Å². The first-order chi connectivity index (χ1) is 7.40. The minimum atomic E-state index is -2.83. The standard InChI is InChI=1S/C10H14BrNO2S2/c1-10(3-5-16(13,14)7-10)12-6-9-8(11)2-4-15-9/h2,4,12H,3,5-7H2,1H3. The van der Waals surface area contributed by atoms with E-state index < -0.39 is 9.84 Å². The Morgan fingerprint density at radius 2 is 2.38 bits per heavy atom. The molecule has 1 aromatic rings. The number of halogens is 1. The largest absolute Gasteiger partial charge is 0.306 e. The highest BCUT2D eigenvalue weighted by Gasteiger charge is 2.37. The Bertz CT molecular complexity index is 483. The summed E-state index contributed by atoms with van der Waals surface area (Å²) < 4.78 is 23.9. The lowest BCUT2D eigenvalue weighted by molar-refractivity contribution is 0.397. The van der Waals surface area contributed by atoms with Gasteiger partial charge in [-0.05, 0) is 40.7 Å². The van der Waals surface area contributed by atoms with E-state index in [1.165, 1.54) is 4.88 Å². The van der Waals surface area contributed by atoms with Gasteiger partial charge in [0.15, 0.2) is 9.84 Å². The van der Waals surface area contributed by atoms with Crippen LogP contribution < -0.4 is 5.32 Å². The van der Waals surface area contributed by atoms with Crippen molar-refractivity contribution < 1.29 is 8.42 Å². The Hall–Kier alpha value is 0.0900. The highest BCUT2D eigenvalue weighted by molar-refractivity contribution is 9.10. The SMILES string of the molecule is CC1(NCc2sccc2Br)CCS(=O)(=O)C1. The zero-order chi connectivity index (χ0) is 11.8. The third-order valence-electron chi connectivity index (χ3n) is 2.87. The molecule has 0 bridgehead atoms. The Morgan fingerprint density at radius 3 is 2.88 bits per heavy atom. The van der Waals surface area contributed by atoms with E-state index in [0.717, 1.165) is 11.0 Å². The summed E-state index contributed by atoms with van der Waals surface area (Å²) in [6.45, 7) is 2.71. The molecule has 1 aliphatic rings. The number of hydrogen-bond acceptors (Lipinski definition) is 4. The monoisotopic (exact) mass is 323 g/mol. The van der Waals surface area contributed by atoms with Crippen molar-refractivity contribution in [3.63, 3.8) is 0 Å². The van der Waals surface area contributed by atoms with Gasteiger partial charge in [0, 0.05) is 21.4 Å². The molecule has 90 valence electrons. The first kappa shape index (κ1) is 12.5. The minimum Gasteiger partial charge on any atom is -0.306 e. The van der Waals surface area contributed by atoms with Crippen molar-refractivity contribution in [2.45, 2.75) is 25.4 Å². The summed E-state index contributed by atoms with van der Waals surface area (Å²) in [5.41, 5.74) is -0.262. The van der Waals surface area contributed by atoms with E-state index in [1.807, 2.05) is 18.4 Å². The average Bonchev–Trinajstić information content (AvgIpc) is 2.69. The van der Waals surface area contributed by atoms with Gasteiger partial charge in [0.25, 0.3) is 0 Å². The van der Waals surface area contributed by atoms with E-state index >= 15 is 0 Å². The number of thiophene rings is 1. The molecule has 0 aliphatic carbocycles. The second-order valence-corrected chi connectivity index (χ2v) is 8.49. The molecule has 2 rings (SSSR count). The molecule has 6 heteroatoms. The molecule has 0 radical (unpaired) electrons. The molecule has 1 aliphatic heterocycles. The van der Waals surface area contributed by atoms with Crippen LogP contribution in [0.1, 0.15) is 18.2 Å². The normalized spacial score (nSPS) is 28.4. The van der Waals surface area contributed by atoms with Crippen molar-refractivity contribution in [3.8, 4) is 0 Å². The Morgan fingerprint density at radius 1 is 1.62 bits per heavy atom. The molecule has 1 fully saturated rings. The quantitative estimate of drug-likeness (QED) is 0.927. The summed E-state index contributed by atoms with van der Waals surface area (Å²) in [4.78, 5) is 1.21. The molecule has 3 nitrogen and oxygen atoms in total. The maximum atomic E-state index is 11.4. The highest BCUT2D eigenvalue weighted by atomic mass is 79.9. The van der Waals surface area contributed by atoms with E-state index in [4.69, 9.17) is 0 Å². The van der Waals surface area contributed by atoms with Gasteiger partial charge in [-0.2, -0.15) is 0 Å². The zero-order valence-electron chi connectivity index (χ0n) is 8.99. The summed E-state index contributed by atoms with van der Waals surface area (Å²) in [6.07, 6.45) is 0.707. The predicted octanol–water partition coefficient (Wildman–Crippen LogP) is 2.18. The molecule has 16 heavy (non-hydrogen) atoms. The van der Waals surface area contributed by atoms with Crippen LogP contribution >= 0.6 is 27.3 Å². The Labute approximate surface area is 108 Å². The van der Waals surface area contributed by atoms with Crippen LogP contribution in [0.15, 0.2) is 15.9 Å². The van der Waals surface area contributed by atoms with Crippen molar-refractivity contribution in [2.24, 2.45) is 0 Å². The van der Waals surface area contributed by atoms with Crippen LogP contribution in [0, 0.1) is 0 Å². The first-order valence-electron chi connectivity index (χ1n) is 5.08. The van der Waals surface area contributed by atoms with Crippen molar-refractivity contribution in [3.05, 3.63) is 20.8 Å². The number of sulfone groups is 1. The smallest absolute Gasteiger partial charge is 0.152 e. The molecule has 0 aromatic carbocycles. The molecular weight excluding hydrogens is 310 g/mol. The highest BCUT2D eigenvalue weighted by Crippen LogP contribution is 2.26. The van der Waals surface area contributed by atoms with Gasteiger partial charge in [-0.25, -0.2) is 8.42 Å². The maximum absolute atomic E-state index is 11.4. The number of hydrogen-bond donors (Lipinski definition) is 1. The number of rotatable bonds is 3. The van der Waals surface area contributed by atoms with Gasteiger partial charge in [-0.1, -0.05) is 0 Å². The Kier molecular flexibility index (Phi) is 3.45. The molecule has 1 aromatic heterocycles. The van der Waals surface area contributed by atoms with Crippen LogP contribution in [0.3, 0.4) is 0 Å². The van der Waals surface area contributed by atoms with Crippen LogP contribution in [0.5, 0.6) is 0 Å². The van der Waals surface area contributed by atoms with Gasteiger partial charge in [0.1, 0.15) is 0 Å². The molecule has 2 heterocycles. The van der Waals surface area contributed by atoms with E-state index in [9.17, 15) is 8.42 Å².